The van der Waals surface area contributed by atoms with Gasteiger partial charge in [0.05, 0.1) is 18.0 Å². The number of halogens is 1. The second kappa shape index (κ2) is 7.41. The molecule has 2 N–H and O–H groups in total. The monoisotopic (exact) mass is 369 g/mol. The van der Waals surface area contributed by atoms with E-state index in [4.69, 9.17) is 5.11 Å². The molecule has 0 aliphatic carbocycles. The van der Waals surface area contributed by atoms with Gasteiger partial charge in [-0.05, 0) is 17.7 Å². The summed E-state index contributed by atoms with van der Waals surface area (Å²) in [6, 6.07) is 12.4. The van der Waals surface area contributed by atoms with E-state index in [1.165, 1.54) is 24.3 Å². The van der Waals surface area contributed by atoms with Crippen LogP contribution in [0.1, 0.15) is 23.6 Å². The van der Waals surface area contributed by atoms with Gasteiger partial charge in [-0.1, -0.05) is 42.5 Å². The fraction of sp³-hybridized carbons (Fsp3) is 0.150. The van der Waals surface area contributed by atoms with Crippen LogP contribution in [0.4, 0.5) is 4.39 Å². The van der Waals surface area contributed by atoms with Crippen LogP contribution in [0.2, 0.25) is 0 Å². The number of benzene rings is 2. The molecule has 0 aromatic heterocycles. The maximum absolute atomic E-state index is 13.3. The first-order valence-electron chi connectivity index (χ1n) is 8.21. The number of aliphatic carboxylic acids is 1. The molecule has 7 heteroatoms. The van der Waals surface area contributed by atoms with E-state index in [9.17, 15) is 23.9 Å². The Morgan fingerprint density at radius 2 is 1.63 bits per heavy atom. The van der Waals surface area contributed by atoms with Gasteiger partial charge in [-0.15, -0.1) is 0 Å². The quantitative estimate of drug-likeness (QED) is 0.480. The molecule has 1 atom stereocenters. The van der Waals surface area contributed by atoms with Crippen LogP contribution in [0.25, 0.3) is 5.76 Å². The highest BCUT2D eigenvalue weighted by atomic mass is 19.1. The van der Waals surface area contributed by atoms with Gasteiger partial charge in [-0.2, -0.15) is 0 Å². The molecule has 0 unspecified atom stereocenters. The van der Waals surface area contributed by atoms with E-state index < -0.39 is 29.5 Å². The highest BCUT2D eigenvalue weighted by molar-refractivity contribution is 6.46. The van der Waals surface area contributed by atoms with Crippen molar-refractivity contribution in [3.05, 3.63) is 77.1 Å². The molecule has 0 spiro atoms. The zero-order valence-corrected chi connectivity index (χ0v) is 14.1. The van der Waals surface area contributed by atoms with Crippen LogP contribution in [0.3, 0.4) is 0 Å². The number of aliphatic hydroxyl groups excluding tert-OH is 1. The van der Waals surface area contributed by atoms with Crippen LogP contribution in [0.5, 0.6) is 0 Å². The van der Waals surface area contributed by atoms with E-state index >= 15 is 0 Å². The van der Waals surface area contributed by atoms with Gasteiger partial charge in [-0.3, -0.25) is 14.4 Å². The molecular weight excluding hydrogens is 353 g/mol. The third-order valence-corrected chi connectivity index (χ3v) is 4.34. The summed E-state index contributed by atoms with van der Waals surface area (Å²) in [5.41, 5.74) is 0.600. The van der Waals surface area contributed by atoms with Crippen molar-refractivity contribution in [2.24, 2.45) is 0 Å². The van der Waals surface area contributed by atoms with Gasteiger partial charge in [0.15, 0.2) is 0 Å². The largest absolute Gasteiger partial charge is 0.507 e. The third-order valence-electron chi connectivity index (χ3n) is 4.34. The van der Waals surface area contributed by atoms with Crippen LogP contribution >= 0.6 is 0 Å². The minimum absolute atomic E-state index is 0.150. The maximum Gasteiger partial charge on any atom is 0.305 e. The summed E-state index contributed by atoms with van der Waals surface area (Å²) in [7, 11) is 0. The Bertz CT molecular complexity index is 921. The SMILES string of the molecule is O=C(O)CCN1C(=O)C(=O)/C(=C(/O)c2ccccc2)[C@H]1c1ccc(F)cc1. The molecule has 6 nitrogen and oxygen atoms in total. The average Bonchev–Trinajstić information content (AvgIpc) is 2.91. The number of hydrogen-bond donors (Lipinski definition) is 2. The Morgan fingerprint density at radius 3 is 2.22 bits per heavy atom. The lowest BCUT2D eigenvalue weighted by Gasteiger charge is -2.24. The van der Waals surface area contributed by atoms with E-state index in [2.05, 4.69) is 0 Å². The second-order valence-electron chi connectivity index (χ2n) is 6.05. The molecule has 1 saturated heterocycles. The number of nitrogens with zero attached hydrogens (tertiary/aromatic N) is 1. The third kappa shape index (κ3) is 3.57. The Labute approximate surface area is 154 Å². The molecule has 1 fully saturated rings. The first kappa shape index (κ1) is 18.3. The Morgan fingerprint density at radius 1 is 1.00 bits per heavy atom. The van der Waals surface area contributed by atoms with Crippen molar-refractivity contribution >= 4 is 23.4 Å². The molecule has 1 heterocycles. The smallest absolute Gasteiger partial charge is 0.305 e. The lowest BCUT2D eigenvalue weighted by atomic mass is 9.95. The zero-order valence-electron chi connectivity index (χ0n) is 14.1. The summed E-state index contributed by atoms with van der Waals surface area (Å²) >= 11 is 0. The van der Waals surface area contributed by atoms with Gasteiger partial charge in [-0.25, -0.2) is 4.39 Å². The number of carboxylic acid groups (broad SMARTS) is 1. The second-order valence-corrected chi connectivity index (χ2v) is 6.05. The molecule has 2 aromatic carbocycles. The molecule has 138 valence electrons. The van der Waals surface area contributed by atoms with E-state index in [1.54, 1.807) is 30.3 Å². The van der Waals surface area contributed by atoms with Crippen molar-refractivity contribution < 1.29 is 29.0 Å². The standard InChI is InChI=1S/C20H16FNO5/c21-14-8-6-12(7-9-14)17-16(18(25)13-4-2-1-3-5-13)19(26)20(27)22(17)11-10-15(23)24/h1-9,17,25H,10-11H2,(H,23,24)/b18-16+/t17-/m1/s1. The summed E-state index contributed by atoms with van der Waals surface area (Å²) in [5, 5.41) is 19.6. The summed E-state index contributed by atoms with van der Waals surface area (Å²) in [4.78, 5) is 37.1. The predicted molar refractivity (Wildman–Crippen MR) is 94.1 cm³/mol. The number of carbonyl (C=O) groups is 3. The van der Waals surface area contributed by atoms with Crippen molar-refractivity contribution in [3.63, 3.8) is 0 Å². The number of aliphatic hydroxyl groups is 1. The molecule has 2 aromatic rings. The molecule has 1 amide bonds. The van der Waals surface area contributed by atoms with Crippen molar-refractivity contribution in [3.8, 4) is 0 Å². The molecule has 0 saturated carbocycles. The molecule has 1 aliphatic heterocycles. The highest BCUT2D eigenvalue weighted by Crippen LogP contribution is 2.39. The lowest BCUT2D eigenvalue weighted by molar-refractivity contribution is -0.142. The minimum Gasteiger partial charge on any atom is -0.507 e. The van der Waals surface area contributed by atoms with Crippen molar-refractivity contribution in [1.82, 2.24) is 4.90 Å². The minimum atomic E-state index is -1.13. The van der Waals surface area contributed by atoms with Crippen LogP contribution in [-0.4, -0.2) is 39.3 Å². The highest BCUT2D eigenvalue weighted by Gasteiger charge is 2.46. The number of carbonyl (C=O) groups excluding carboxylic acids is 2. The van der Waals surface area contributed by atoms with Crippen LogP contribution in [0, 0.1) is 5.82 Å². The first-order valence-corrected chi connectivity index (χ1v) is 8.21. The molecule has 27 heavy (non-hydrogen) atoms. The molecule has 3 rings (SSSR count). The number of hydrogen-bond acceptors (Lipinski definition) is 4. The topological polar surface area (TPSA) is 94.9 Å². The summed E-state index contributed by atoms with van der Waals surface area (Å²) in [5.74, 6) is -3.79. The number of rotatable bonds is 5. The fourth-order valence-electron chi connectivity index (χ4n) is 3.07. The number of Topliss-reactive ketones (excluding diaryl/α,β-unsaturated/α-hetero) is 1. The van der Waals surface area contributed by atoms with Crippen LogP contribution in [-0.2, 0) is 14.4 Å². The molecular formula is C20H16FNO5. The zero-order chi connectivity index (χ0) is 19.6. The summed E-state index contributed by atoms with van der Waals surface area (Å²) < 4.78 is 13.3. The number of carboxylic acids is 1. The van der Waals surface area contributed by atoms with Crippen LogP contribution < -0.4 is 0 Å². The van der Waals surface area contributed by atoms with E-state index in [0.29, 0.717) is 11.1 Å². The normalized spacial score (nSPS) is 18.7. The Kier molecular flexibility index (Phi) is 5.03. The number of amides is 1. The first-order chi connectivity index (χ1) is 12.9. The Balaban J connectivity index is 2.14. The molecule has 1 aliphatic rings. The number of likely N-dealkylation sites (tertiary alicyclic amines) is 1. The van der Waals surface area contributed by atoms with Crippen molar-refractivity contribution in [2.45, 2.75) is 12.5 Å². The van der Waals surface area contributed by atoms with Crippen molar-refractivity contribution in [2.75, 3.05) is 6.54 Å². The van der Waals surface area contributed by atoms with Gasteiger partial charge >= 0.3 is 5.97 Å². The lowest BCUT2D eigenvalue weighted by Crippen LogP contribution is -2.31. The molecule has 0 bridgehead atoms. The van der Waals surface area contributed by atoms with Gasteiger partial charge in [0.1, 0.15) is 11.6 Å². The Hall–Kier alpha value is -3.48. The van der Waals surface area contributed by atoms with E-state index in [1.807, 2.05) is 0 Å². The molecule has 0 radical (unpaired) electrons. The summed E-state index contributed by atoms with van der Waals surface area (Å²) in [6.07, 6.45) is -0.365. The van der Waals surface area contributed by atoms with Gasteiger partial charge in [0, 0.05) is 12.1 Å². The van der Waals surface area contributed by atoms with Gasteiger partial charge in [0.25, 0.3) is 11.7 Å². The van der Waals surface area contributed by atoms with Gasteiger partial charge in [0.2, 0.25) is 0 Å². The van der Waals surface area contributed by atoms with E-state index in [0.717, 1.165) is 4.90 Å². The fourth-order valence-corrected chi connectivity index (χ4v) is 3.07. The predicted octanol–water partition coefficient (Wildman–Crippen LogP) is 2.72. The average molecular weight is 369 g/mol. The van der Waals surface area contributed by atoms with E-state index in [-0.39, 0.29) is 24.3 Å². The summed E-state index contributed by atoms with van der Waals surface area (Å²) in [6.45, 7) is -0.215. The number of ketones is 1. The van der Waals surface area contributed by atoms with Gasteiger partial charge < -0.3 is 15.1 Å². The van der Waals surface area contributed by atoms with Crippen LogP contribution in [0.15, 0.2) is 60.2 Å². The maximum atomic E-state index is 13.3. The van der Waals surface area contributed by atoms with Crippen molar-refractivity contribution in [1.29, 1.82) is 0 Å².